The van der Waals surface area contributed by atoms with Crippen LogP contribution in [-0.2, 0) is 22.0 Å². The summed E-state index contributed by atoms with van der Waals surface area (Å²) in [6, 6.07) is 8.46. The van der Waals surface area contributed by atoms with Crippen LogP contribution in [0.2, 0.25) is 0 Å². The quantitative estimate of drug-likeness (QED) is 0.571. The fourth-order valence-corrected chi connectivity index (χ4v) is 3.51. The first-order valence-electron chi connectivity index (χ1n) is 8.42. The smallest absolute Gasteiger partial charge is 0.335 e. The third-order valence-electron chi connectivity index (χ3n) is 3.76. The normalized spacial score (nSPS) is 11.3. The molecule has 1 aromatic carbocycles. The van der Waals surface area contributed by atoms with Gasteiger partial charge in [0.2, 0.25) is 15.7 Å². The summed E-state index contributed by atoms with van der Waals surface area (Å²) in [5.41, 5.74) is 0.869. The number of amides is 1. The van der Waals surface area contributed by atoms with Gasteiger partial charge in [0.25, 0.3) is 5.91 Å². The van der Waals surface area contributed by atoms with Crippen molar-refractivity contribution in [1.82, 2.24) is 20.5 Å². The summed E-state index contributed by atoms with van der Waals surface area (Å²) < 4.78 is 42.8. The number of hydrogen-bond donors (Lipinski definition) is 1. The molecule has 1 N–H and O–H groups in total. The van der Waals surface area contributed by atoms with Gasteiger partial charge in [0, 0.05) is 25.4 Å². The molecule has 0 unspecified atom stereocenters. The van der Waals surface area contributed by atoms with Crippen molar-refractivity contribution in [3.05, 3.63) is 71.6 Å². The van der Waals surface area contributed by atoms with Crippen LogP contribution in [0.15, 0.2) is 58.4 Å². The van der Waals surface area contributed by atoms with Crippen LogP contribution in [0, 0.1) is 5.82 Å². The second-order valence-corrected chi connectivity index (χ2v) is 7.82. The van der Waals surface area contributed by atoms with Crippen LogP contribution < -0.4 is 5.32 Å². The highest BCUT2D eigenvalue weighted by atomic mass is 32.2. The van der Waals surface area contributed by atoms with E-state index < -0.39 is 20.9 Å². The average Bonchev–Trinajstić information content (AvgIpc) is 3.17. The molecule has 0 saturated carbocycles. The Bertz CT molecular complexity index is 1040. The van der Waals surface area contributed by atoms with Crippen molar-refractivity contribution in [2.75, 3.05) is 6.54 Å². The van der Waals surface area contributed by atoms with Gasteiger partial charge in [-0.15, -0.1) is 5.10 Å². The first-order valence-corrected chi connectivity index (χ1v) is 10.1. The summed E-state index contributed by atoms with van der Waals surface area (Å²) in [5, 5.41) is 9.57. The molecule has 0 aliphatic heterocycles. The number of carbonyl (C=O) groups excluding carboxylic acids is 1. The van der Waals surface area contributed by atoms with E-state index in [4.69, 9.17) is 4.42 Å². The summed E-state index contributed by atoms with van der Waals surface area (Å²) in [6.45, 7) is 0.355. The van der Waals surface area contributed by atoms with E-state index in [2.05, 4.69) is 20.5 Å². The van der Waals surface area contributed by atoms with Crippen LogP contribution in [0.3, 0.4) is 0 Å². The van der Waals surface area contributed by atoms with Crippen LogP contribution >= 0.6 is 0 Å². The standard InChI is InChI=1S/C18H17FN4O4S/c19-15-7-5-13(6-8-15)12-28(25,26)18-23-22-16(27-18)4-2-10-21-17(24)14-3-1-9-20-11-14/h1,3,5-9,11H,2,4,10,12H2,(H,21,24). The maximum atomic E-state index is 12.9. The second-order valence-electron chi connectivity index (χ2n) is 5.95. The Hall–Kier alpha value is -3.14. The Morgan fingerprint density at radius 3 is 2.64 bits per heavy atom. The molecule has 0 spiro atoms. The number of nitrogens with zero attached hydrogens (tertiary/aromatic N) is 3. The van der Waals surface area contributed by atoms with Crippen LogP contribution in [0.1, 0.15) is 28.2 Å². The Morgan fingerprint density at radius 1 is 1.14 bits per heavy atom. The largest absolute Gasteiger partial charge is 0.413 e. The summed E-state index contributed by atoms with van der Waals surface area (Å²) in [5.74, 6) is -0.901. The molecule has 28 heavy (non-hydrogen) atoms. The number of benzene rings is 1. The fourth-order valence-electron chi connectivity index (χ4n) is 2.37. The van der Waals surface area contributed by atoms with E-state index in [1.165, 1.54) is 30.5 Å². The maximum Gasteiger partial charge on any atom is 0.335 e. The van der Waals surface area contributed by atoms with E-state index in [-0.39, 0.29) is 17.6 Å². The van der Waals surface area contributed by atoms with Crippen molar-refractivity contribution in [2.45, 2.75) is 23.8 Å². The molecule has 0 fully saturated rings. The topological polar surface area (TPSA) is 115 Å². The molecular weight excluding hydrogens is 387 g/mol. The second kappa shape index (κ2) is 8.70. The molecule has 0 bridgehead atoms. The molecule has 10 heteroatoms. The lowest BCUT2D eigenvalue weighted by Gasteiger charge is -2.03. The molecule has 2 aromatic heterocycles. The van der Waals surface area contributed by atoms with Crippen molar-refractivity contribution >= 4 is 15.7 Å². The van der Waals surface area contributed by atoms with Gasteiger partial charge in [0.05, 0.1) is 11.3 Å². The lowest BCUT2D eigenvalue weighted by atomic mass is 10.2. The predicted molar refractivity (Wildman–Crippen MR) is 96.5 cm³/mol. The highest BCUT2D eigenvalue weighted by Crippen LogP contribution is 2.16. The number of pyridine rings is 1. The van der Waals surface area contributed by atoms with Gasteiger partial charge in [-0.05, 0) is 36.2 Å². The number of carbonyl (C=O) groups is 1. The molecular formula is C18H17FN4O4S. The number of aryl methyl sites for hydroxylation is 1. The van der Waals surface area contributed by atoms with Gasteiger partial charge in [0.15, 0.2) is 0 Å². The van der Waals surface area contributed by atoms with Crippen LogP contribution in [0.25, 0.3) is 0 Å². The minimum Gasteiger partial charge on any atom is -0.413 e. The van der Waals surface area contributed by atoms with E-state index >= 15 is 0 Å². The molecule has 0 aliphatic rings. The molecule has 8 nitrogen and oxygen atoms in total. The third-order valence-corrected chi connectivity index (χ3v) is 5.17. The number of sulfone groups is 1. The van der Waals surface area contributed by atoms with Crippen molar-refractivity contribution in [3.8, 4) is 0 Å². The van der Waals surface area contributed by atoms with Crippen molar-refractivity contribution in [3.63, 3.8) is 0 Å². The first-order chi connectivity index (χ1) is 13.4. The van der Waals surface area contributed by atoms with Crippen molar-refractivity contribution < 1.29 is 22.0 Å². The lowest BCUT2D eigenvalue weighted by molar-refractivity contribution is 0.0952. The predicted octanol–water partition coefficient (Wildman–Crippen LogP) is 1.94. The molecule has 0 saturated heterocycles. The molecule has 2 heterocycles. The maximum absolute atomic E-state index is 12.9. The molecule has 3 rings (SSSR count). The van der Waals surface area contributed by atoms with Gasteiger partial charge in [-0.25, -0.2) is 12.8 Å². The zero-order valence-electron chi connectivity index (χ0n) is 14.7. The van der Waals surface area contributed by atoms with Gasteiger partial charge in [0.1, 0.15) is 5.82 Å². The highest BCUT2D eigenvalue weighted by Gasteiger charge is 2.23. The summed E-state index contributed by atoms with van der Waals surface area (Å²) in [6.07, 6.45) is 3.84. The van der Waals surface area contributed by atoms with Gasteiger partial charge < -0.3 is 9.73 Å². The third kappa shape index (κ3) is 5.19. The number of halogens is 1. The number of hydrogen-bond acceptors (Lipinski definition) is 7. The fraction of sp³-hybridized carbons (Fsp3) is 0.222. The lowest BCUT2D eigenvalue weighted by Crippen LogP contribution is -2.24. The highest BCUT2D eigenvalue weighted by molar-refractivity contribution is 7.90. The number of nitrogens with one attached hydrogen (secondary N) is 1. The van der Waals surface area contributed by atoms with E-state index in [0.717, 1.165) is 0 Å². The Morgan fingerprint density at radius 2 is 1.93 bits per heavy atom. The molecule has 0 radical (unpaired) electrons. The SMILES string of the molecule is O=C(NCCCc1nnc(S(=O)(=O)Cc2ccc(F)cc2)o1)c1cccnc1. The Labute approximate surface area is 160 Å². The van der Waals surface area contributed by atoms with Gasteiger partial charge in [-0.2, -0.15) is 0 Å². The van der Waals surface area contributed by atoms with E-state index in [1.807, 2.05) is 0 Å². The zero-order valence-corrected chi connectivity index (χ0v) is 15.5. The van der Waals surface area contributed by atoms with Crippen LogP contribution in [-0.4, -0.2) is 36.1 Å². The zero-order chi connectivity index (χ0) is 20.0. The summed E-state index contributed by atoms with van der Waals surface area (Å²) in [4.78, 5) is 15.8. The number of rotatable bonds is 8. The number of aromatic nitrogens is 3. The summed E-state index contributed by atoms with van der Waals surface area (Å²) >= 11 is 0. The minimum absolute atomic E-state index is 0.160. The van der Waals surface area contributed by atoms with Gasteiger partial charge in [-0.1, -0.05) is 17.2 Å². The average molecular weight is 404 g/mol. The van der Waals surface area contributed by atoms with E-state index in [0.29, 0.717) is 30.5 Å². The minimum atomic E-state index is -3.82. The molecule has 3 aromatic rings. The molecule has 0 atom stereocenters. The van der Waals surface area contributed by atoms with Crippen molar-refractivity contribution in [1.29, 1.82) is 0 Å². The van der Waals surface area contributed by atoms with Crippen LogP contribution in [0.4, 0.5) is 4.39 Å². The Kier molecular flexibility index (Phi) is 6.09. The molecule has 1 amide bonds. The monoisotopic (exact) mass is 404 g/mol. The summed E-state index contributed by atoms with van der Waals surface area (Å²) in [7, 11) is -3.82. The van der Waals surface area contributed by atoms with E-state index in [9.17, 15) is 17.6 Å². The van der Waals surface area contributed by atoms with Crippen LogP contribution in [0.5, 0.6) is 0 Å². The first kappa shape index (κ1) is 19.6. The van der Waals surface area contributed by atoms with E-state index in [1.54, 1.807) is 18.3 Å². The van der Waals surface area contributed by atoms with Gasteiger partial charge >= 0.3 is 5.22 Å². The van der Waals surface area contributed by atoms with Gasteiger partial charge in [-0.3, -0.25) is 9.78 Å². The molecule has 146 valence electrons. The Balaban J connectivity index is 1.51. The van der Waals surface area contributed by atoms with Crippen molar-refractivity contribution in [2.24, 2.45) is 0 Å². The molecule has 0 aliphatic carbocycles.